The van der Waals surface area contributed by atoms with Crippen molar-refractivity contribution in [1.82, 2.24) is 15.3 Å². The van der Waals surface area contributed by atoms with Gasteiger partial charge in [0, 0.05) is 38.9 Å². The number of nitrogens with zero attached hydrogens (tertiary/aromatic N) is 3. The Kier molecular flexibility index (Phi) is 5.54. The van der Waals surface area contributed by atoms with E-state index in [4.69, 9.17) is 0 Å². The Morgan fingerprint density at radius 3 is 2.74 bits per heavy atom. The molecule has 1 unspecified atom stereocenters. The Morgan fingerprint density at radius 2 is 2.16 bits per heavy atom. The van der Waals surface area contributed by atoms with Crippen molar-refractivity contribution < 1.29 is 4.79 Å². The van der Waals surface area contributed by atoms with Gasteiger partial charge in [0.15, 0.2) is 0 Å². The number of rotatable bonds is 6. The number of aryl methyl sites for hydroxylation is 1. The van der Waals surface area contributed by atoms with Crippen LogP contribution >= 0.6 is 0 Å². The smallest absolute Gasteiger partial charge is 0.224 e. The van der Waals surface area contributed by atoms with E-state index in [2.05, 4.69) is 20.6 Å². The zero-order valence-corrected chi connectivity index (χ0v) is 12.3. The quantitative estimate of drug-likeness (QED) is 0.804. The van der Waals surface area contributed by atoms with Gasteiger partial charge in [-0.05, 0) is 13.8 Å². The highest BCUT2D eigenvalue weighted by Gasteiger charge is 2.15. The molecular weight excluding hydrogens is 242 g/mol. The van der Waals surface area contributed by atoms with Crippen molar-refractivity contribution in [2.75, 3.05) is 37.4 Å². The molecule has 1 heterocycles. The molecule has 0 aromatic carbocycles. The molecule has 1 aromatic heterocycles. The Balaban J connectivity index is 2.81. The lowest BCUT2D eigenvalue weighted by molar-refractivity contribution is -0.123. The Bertz CT molecular complexity index is 435. The number of hydrogen-bond acceptors (Lipinski definition) is 5. The summed E-state index contributed by atoms with van der Waals surface area (Å²) in [5.41, 5.74) is 0.903. The van der Waals surface area contributed by atoms with Crippen molar-refractivity contribution in [2.24, 2.45) is 5.92 Å². The number of aromatic nitrogens is 2. The first-order chi connectivity index (χ1) is 8.97. The third-order valence-electron chi connectivity index (χ3n) is 2.81. The van der Waals surface area contributed by atoms with Crippen LogP contribution in [-0.2, 0) is 4.79 Å². The van der Waals surface area contributed by atoms with Crippen LogP contribution in [0.2, 0.25) is 0 Å². The number of carbonyl (C=O) groups is 1. The van der Waals surface area contributed by atoms with Gasteiger partial charge in [-0.2, -0.15) is 4.98 Å². The summed E-state index contributed by atoms with van der Waals surface area (Å²) < 4.78 is 0. The van der Waals surface area contributed by atoms with Gasteiger partial charge >= 0.3 is 0 Å². The van der Waals surface area contributed by atoms with Crippen LogP contribution in [0.1, 0.15) is 19.5 Å². The van der Waals surface area contributed by atoms with Gasteiger partial charge in [0.2, 0.25) is 11.9 Å². The summed E-state index contributed by atoms with van der Waals surface area (Å²) in [6.45, 7) is 7.22. The fourth-order valence-corrected chi connectivity index (χ4v) is 1.82. The highest BCUT2D eigenvalue weighted by atomic mass is 16.1. The van der Waals surface area contributed by atoms with Crippen LogP contribution in [0.15, 0.2) is 6.07 Å². The number of carbonyl (C=O) groups excluding carboxylic acids is 1. The first kappa shape index (κ1) is 15.2. The topological polar surface area (TPSA) is 70.2 Å². The van der Waals surface area contributed by atoms with Gasteiger partial charge in [-0.1, -0.05) is 6.92 Å². The second-order valence-corrected chi connectivity index (χ2v) is 4.62. The highest BCUT2D eigenvalue weighted by Crippen LogP contribution is 2.14. The molecule has 0 radical (unpaired) electrons. The molecule has 0 aliphatic carbocycles. The van der Waals surface area contributed by atoms with E-state index in [1.54, 1.807) is 7.05 Å². The van der Waals surface area contributed by atoms with Gasteiger partial charge in [0.05, 0.1) is 5.92 Å². The predicted octanol–water partition coefficient (Wildman–Crippen LogP) is 1.04. The first-order valence-electron chi connectivity index (χ1n) is 6.50. The van der Waals surface area contributed by atoms with E-state index in [1.165, 1.54) is 0 Å². The van der Waals surface area contributed by atoms with Crippen molar-refractivity contribution in [3.8, 4) is 0 Å². The molecule has 19 heavy (non-hydrogen) atoms. The van der Waals surface area contributed by atoms with E-state index in [1.807, 2.05) is 38.8 Å². The molecule has 2 N–H and O–H groups in total. The molecule has 0 aliphatic heterocycles. The van der Waals surface area contributed by atoms with Crippen LogP contribution in [0.4, 0.5) is 11.8 Å². The van der Waals surface area contributed by atoms with Crippen LogP contribution in [0.5, 0.6) is 0 Å². The molecule has 6 nitrogen and oxygen atoms in total. The number of hydrogen-bond donors (Lipinski definition) is 2. The molecule has 0 saturated carbocycles. The van der Waals surface area contributed by atoms with E-state index < -0.39 is 0 Å². The SMILES string of the molecule is CCNc1nc(C)cc(N(C)CC(C)C(=O)NC)n1. The van der Waals surface area contributed by atoms with Crippen LogP contribution in [-0.4, -0.2) is 43.1 Å². The van der Waals surface area contributed by atoms with Crippen LogP contribution in [0.25, 0.3) is 0 Å². The monoisotopic (exact) mass is 265 g/mol. The minimum Gasteiger partial charge on any atom is -0.359 e. The third kappa shape index (κ3) is 4.39. The Hall–Kier alpha value is -1.85. The average molecular weight is 265 g/mol. The third-order valence-corrected chi connectivity index (χ3v) is 2.81. The maximum absolute atomic E-state index is 11.5. The number of amides is 1. The molecule has 0 fully saturated rings. The number of nitrogens with one attached hydrogen (secondary N) is 2. The predicted molar refractivity (Wildman–Crippen MR) is 77.4 cm³/mol. The largest absolute Gasteiger partial charge is 0.359 e. The zero-order chi connectivity index (χ0) is 14.4. The molecule has 6 heteroatoms. The van der Waals surface area contributed by atoms with Crippen molar-refractivity contribution in [3.63, 3.8) is 0 Å². The lowest BCUT2D eigenvalue weighted by Crippen LogP contribution is -2.34. The second-order valence-electron chi connectivity index (χ2n) is 4.62. The fraction of sp³-hybridized carbons (Fsp3) is 0.615. The number of anilines is 2. The minimum atomic E-state index is -0.0899. The molecule has 1 atom stereocenters. The summed E-state index contributed by atoms with van der Waals surface area (Å²) >= 11 is 0. The summed E-state index contributed by atoms with van der Waals surface area (Å²) in [6, 6.07) is 1.91. The van der Waals surface area contributed by atoms with Gasteiger partial charge < -0.3 is 15.5 Å². The standard InChI is InChI=1S/C13H23N5O/c1-6-15-13-16-10(3)7-11(17-13)18(5)8-9(2)12(19)14-4/h7,9H,6,8H2,1-5H3,(H,14,19)(H,15,16,17). The van der Waals surface area contributed by atoms with Crippen molar-refractivity contribution >= 4 is 17.7 Å². The molecular formula is C13H23N5O. The van der Waals surface area contributed by atoms with Crippen LogP contribution in [0.3, 0.4) is 0 Å². The molecule has 0 spiro atoms. The average Bonchev–Trinajstić information content (AvgIpc) is 2.37. The van der Waals surface area contributed by atoms with E-state index in [9.17, 15) is 4.79 Å². The molecule has 1 aromatic rings. The van der Waals surface area contributed by atoms with Gasteiger partial charge in [-0.15, -0.1) is 0 Å². The van der Waals surface area contributed by atoms with E-state index in [0.717, 1.165) is 18.1 Å². The summed E-state index contributed by atoms with van der Waals surface area (Å²) in [5, 5.41) is 5.76. The van der Waals surface area contributed by atoms with E-state index in [0.29, 0.717) is 12.5 Å². The van der Waals surface area contributed by atoms with E-state index >= 15 is 0 Å². The van der Waals surface area contributed by atoms with Crippen LogP contribution < -0.4 is 15.5 Å². The van der Waals surface area contributed by atoms with E-state index in [-0.39, 0.29) is 11.8 Å². The van der Waals surface area contributed by atoms with Crippen molar-refractivity contribution in [2.45, 2.75) is 20.8 Å². The summed E-state index contributed by atoms with van der Waals surface area (Å²) in [4.78, 5) is 22.2. The normalized spacial score (nSPS) is 11.8. The Morgan fingerprint density at radius 1 is 1.47 bits per heavy atom. The molecule has 1 rings (SSSR count). The van der Waals surface area contributed by atoms with Crippen molar-refractivity contribution in [3.05, 3.63) is 11.8 Å². The summed E-state index contributed by atoms with van der Waals surface area (Å²) in [7, 11) is 3.58. The molecule has 1 amide bonds. The zero-order valence-electron chi connectivity index (χ0n) is 12.3. The lowest BCUT2D eigenvalue weighted by Gasteiger charge is -2.22. The Labute approximate surface area is 114 Å². The highest BCUT2D eigenvalue weighted by molar-refractivity contribution is 5.78. The maximum Gasteiger partial charge on any atom is 0.224 e. The van der Waals surface area contributed by atoms with Gasteiger partial charge in [-0.3, -0.25) is 4.79 Å². The van der Waals surface area contributed by atoms with Gasteiger partial charge in [0.1, 0.15) is 5.82 Å². The van der Waals surface area contributed by atoms with Gasteiger partial charge in [0.25, 0.3) is 0 Å². The molecule has 0 aliphatic rings. The molecule has 106 valence electrons. The summed E-state index contributed by atoms with van der Waals surface area (Å²) in [5.74, 6) is 1.38. The minimum absolute atomic E-state index is 0.0320. The lowest BCUT2D eigenvalue weighted by atomic mass is 10.1. The summed E-state index contributed by atoms with van der Waals surface area (Å²) in [6.07, 6.45) is 0. The van der Waals surface area contributed by atoms with Crippen LogP contribution in [0, 0.1) is 12.8 Å². The first-order valence-corrected chi connectivity index (χ1v) is 6.50. The van der Waals surface area contributed by atoms with Crippen molar-refractivity contribution in [1.29, 1.82) is 0 Å². The molecule has 0 bridgehead atoms. The van der Waals surface area contributed by atoms with Gasteiger partial charge in [-0.25, -0.2) is 4.98 Å². The fourth-order valence-electron chi connectivity index (χ4n) is 1.82. The second kappa shape index (κ2) is 6.92. The maximum atomic E-state index is 11.5. The molecule has 0 saturated heterocycles.